The highest BCUT2D eigenvalue weighted by Crippen LogP contribution is 2.25. The first-order chi connectivity index (χ1) is 12.5. The zero-order chi connectivity index (χ0) is 18.7. The van der Waals surface area contributed by atoms with Gasteiger partial charge in [-0.25, -0.2) is 8.78 Å². The molecule has 1 aromatic carbocycles. The van der Waals surface area contributed by atoms with Crippen LogP contribution in [0.4, 0.5) is 14.5 Å². The minimum Gasteiger partial charge on any atom is -0.371 e. The smallest absolute Gasteiger partial charge is 0.237 e. The molecule has 2 aliphatic rings. The Hall–Kier alpha value is -1.69. The number of benzene rings is 1. The molecule has 0 bridgehead atoms. The Balaban J connectivity index is 1.51. The van der Waals surface area contributed by atoms with Crippen molar-refractivity contribution in [3.05, 3.63) is 29.8 Å². The van der Waals surface area contributed by atoms with E-state index in [2.05, 4.69) is 29.0 Å². The van der Waals surface area contributed by atoms with E-state index in [1.807, 2.05) is 0 Å². The Labute approximate surface area is 154 Å². The number of nitrogens with zero attached hydrogens (tertiary/aromatic N) is 2. The number of carbonyl (C=O) groups is 1. The van der Waals surface area contributed by atoms with E-state index in [1.54, 1.807) is 6.07 Å². The summed E-state index contributed by atoms with van der Waals surface area (Å²) in [5, 5.41) is 3.13. The van der Waals surface area contributed by atoms with E-state index in [1.165, 1.54) is 12.1 Å². The van der Waals surface area contributed by atoms with Gasteiger partial charge < -0.3 is 10.2 Å². The summed E-state index contributed by atoms with van der Waals surface area (Å²) in [6.07, 6.45) is 4.13. The molecule has 0 saturated carbocycles. The highest BCUT2D eigenvalue weighted by molar-refractivity contribution is 5.81. The van der Waals surface area contributed by atoms with Crippen molar-refractivity contribution in [2.45, 2.75) is 51.6 Å². The van der Waals surface area contributed by atoms with E-state index in [0.717, 1.165) is 45.3 Å². The first-order valence-corrected chi connectivity index (χ1v) is 9.69. The standard InChI is InChI=1S/C20H29F2N3O/c1-14(2)25-9-4-3-5-19(25)20(26)23-12-15-8-10-24(13-15)16-6-7-17(21)18(22)11-16/h6-7,11,14-15,19H,3-5,8-10,12-13H2,1-2H3,(H,23,26)/t15-,19+/m0/s1. The molecule has 0 aromatic heterocycles. The first-order valence-electron chi connectivity index (χ1n) is 9.69. The third-order valence-electron chi connectivity index (χ3n) is 5.63. The Kier molecular flexibility index (Phi) is 6.12. The number of carbonyl (C=O) groups excluding carboxylic acids is 1. The highest BCUT2D eigenvalue weighted by atomic mass is 19.2. The van der Waals surface area contributed by atoms with Gasteiger partial charge in [0.15, 0.2) is 11.6 Å². The second-order valence-corrected chi connectivity index (χ2v) is 7.79. The van der Waals surface area contributed by atoms with E-state index >= 15 is 0 Å². The van der Waals surface area contributed by atoms with Crippen LogP contribution in [-0.2, 0) is 4.79 Å². The topological polar surface area (TPSA) is 35.6 Å². The molecule has 26 heavy (non-hydrogen) atoms. The summed E-state index contributed by atoms with van der Waals surface area (Å²) in [5.74, 6) is -1.17. The van der Waals surface area contributed by atoms with Crippen molar-refractivity contribution >= 4 is 11.6 Å². The lowest BCUT2D eigenvalue weighted by atomic mass is 9.99. The predicted molar refractivity (Wildman–Crippen MR) is 99.2 cm³/mol. The van der Waals surface area contributed by atoms with Gasteiger partial charge in [0, 0.05) is 37.4 Å². The lowest BCUT2D eigenvalue weighted by Crippen LogP contribution is -2.52. The second-order valence-electron chi connectivity index (χ2n) is 7.79. The van der Waals surface area contributed by atoms with Crippen molar-refractivity contribution in [1.82, 2.24) is 10.2 Å². The Morgan fingerprint density at radius 1 is 1.19 bits per heavy atom. The predicted octanol–water partition coefficient (Wildman–Crippen LogP) is 3.17. The third kappa shape index (κ3) is 4.34. The van der Waals surface area contributed by atoms with E-state index in [0.29, 0.717) is 24.2 Å². The highest BCUT2D eigenvalue weighted by Gasteiger charge is 2.31. The number of anilines is 1. The van der Waals surface area contributed by atoms with Crippen molar-refractivity contribution in [1.29, 1.82) is 0 Å². The summed E-state index contributed by atoms with van der Waals surface area (Å²) < 4.78 is 26.5. The van der Waals surface area contributed by atoms with Crippen molar-refractivity contribution in [2.75, 3.05) is 31.1 Å². The van der Waals surface area contributed by atoms with E-state index in [-0.39, 0.29) is 11.9 Å². The quantitative estimate of drug-likeness (QED) is 0.871. The summed E-state index contributed by atoms with van der Waals surface area (Å²) in [6.45, 7) is 7.46. The first kappa shape index (κ1) is 19.1. The fourth-order valence-electron chi connectivity index (χ4n) is 4.13. The van der Waals surface area contributed by atoms with Crippen molar-refractivity contribution in [3.8, 4) is 0 Å². The van der Waals surface area contributed by atoms with Crippen LogP contribution in [-0.4, -0.2) is 49.1 Å². The zero-order valence-corrected chi connectivity index (χ0v) is 15.7. The van der Waals surface area contributed by atoms with Crippen LogP contribution in [0.2, 0.25) is 0 Å². The summed E-state index contributed by atoms with van der Waals surface area (Å²) in [5.41, 5.74) is 0.705. The molecule has 2 aliphatic heterocycles. The molecule has 6 heteroatoms. The third-order valence-corrected chi connectivity index (χ3v) is 5.63. The molecule has 2 fully saturated rings. The average molecular weight is 365 g/mol. The molecule has 0 aliphatic carbocycles. The van der Waals surface area contributed by atoms with E-state index < -0.39 is 11.6 Å². The summed E-state index contributed by atoms with van der Waals surface area (Å²) in [4.78, 5) is 17.0. The Bertz CT molecular complexity index is 637. The molecule has 0 spiro atoms. The molecular weight excluding hydrogens is 336 g/mol. The van der Waals surface area contributed by atoms with Crippen LogP contribution >= 0.6 is 0 Å². The molecule has 2 saturated heterocycles. The maximum absolute atomic E-state index is 13.4. The Morgan fingerprint density at radius 3 is 2.73 bits per heavy atom. The number of rotatable bonds is 5. The number of hydrogen-bond acceptors (Lipinski definition) is 3. The van der Waals surface area contributed by atoms with Crippen LogP contribution in [0.1, 0.15) is 39.5 Å². The molecule has 2 heterocycles. The fourth-order valence-corrected chi connectivity index (χ4v) is 4.13. The number of piperidine rings is 1. The molecule has 1 amide bonds. The lowest BCUT2D eigenvalue weighted by molar-refractivity contribution is -0.128. The van der Waals surface area contributed by atoms with Crippen molar-refractivity contribution in [2.24, 2.45) is 5.92 Å². The van der Waals surface area contributed by atoms with Gasteiger partial charge in [-0.1, -0.05) is 6.42 Å². The molecular formula is C20H29F2N3O. The van der Waals surface area contributed by atoms with Crippen molar-refractivity contribution in [3.63, 3.8) is 0 Å². The van der Waals surface area contributed by atoms with Crippen molar-refractivity contribution < 1.29 is 13.6 Å². The normalized spacial score (nSPS) is 24.3. The molecule has 1 aromatic rings. The fraction of sp³-hybridized carbons (Fsp3) is 0.650. The van der Waals surface area contributed by atoms with Gasteiger partial charge in [-0.3, -0.25) is 9.69 Å². The van der Waals surface area contributed by atoms with Gasteiger partial charge >= 0.3 is 0 Å². The second kappa shape index (κ2) is 8.33. The minimum absolute atomic E-state index is 0.0209. The molecule has 1 N–H and O–H groups in total. The zero-order valence-electron chi connectivity index (χ0n) is 15.7. The van der Waals surface area contributed by atoms with Crippen LogP contribution in [0.3, 0.4) is 0 Å². The molecule has 144 valence electrons. The summed E-state index contributed by atoms with van der Waals surface area (Å²) in [6, 6.07) is 4.39. The average Bonchev–Trinajstić information content (AvgIpc) is 3.11. The largest absolute Gasteiger partial charge is 0.371 e. The lowest BCUT2D eigenvalue weighted by Gasteiger charge is -2.37. The van der Waals surface area contributed by atoms with Crippen LogP contribution < -0.4 is 10.2 Å². The summed E-state index contributed by atoms with van der Waals surface area (Å²) >= 11 is 0. The minimum atomic E-state index is -0.820. The molecule has 4 nitrogen and oxygen atoms in total. The van der Waals surface area contributed by atoms with Crippen LogP contribution in [0.5, 0.6) is 0 Å². The van der Waals surface area contributed by atoms with Gasteiger partial charge in [0.25, 0.3) is 0 Å². The van der Waals surface area contributed by atoms with Crippen LogP contribution in [0.25, 0.3) is 0 Å². The monoisotopic (exact) mass is 365 g/mol. The molecule has 3 rings (SSSR count). The number of nitrogens with one attached hydrogen (secondary N) is 1. The van der Waals surface area contributed by atoms with Gasteiger partial charge in [-0.15, -0.1) is 0 Å². The molecule has 2 atom stereocenters. The van der Waals surface area contributed by atoms with Gasteiger partial charge in [-0.05, 0) is 57.7 Å². The number of halogens is 2. The molecule has 0 radical (unpaired) electrons. The maximum Gasteiger partial charge on any atom is 0.237 e. The van der Waals surface area contributed by atoms with Gasteiger partial charge in [-0.2, -0.15) is 0 Å². The SMILES string of the molecule is CC(C)N1CCCC[C@@H]1C(=O)NC[C@@H]1CCN(c2ccc(F)c(F)c2)C1. The maximum atomic E-state index is 13.4. The van der Waals surface area contributed by atoms with Gasteiger partial charge in [0.05, 0.1) is 6.04 Å². The van der Waals surface area contributed by atoms with E-state index in [9.17, 15) is 13.6 Å². The van der Waals surface area contributed by atoms with Crippen LogP contribution in [0, 0.1) is 17.6 Å². The number of amides is 1. The number of hydrogen-bond donors (Lipinski definition) is 1. The summed E-state index contributed by atoms with van der Waals surface area (Å²) in [7, 11) is 0. The molecule has 0 unspecified atom stereocenters. The van der Waals surface area contributed by atoms with Crippen LogP contribution in [0.15, 0.2) is 18.2 Å². The van der Waals surface area contributed by atoms with Gasteiger partial charge in [0.1, 0.15) is 0 Å². The Morgan fingerprint density at radius 2 is 2.00 bits per heavy atom. The number of likely N-dealkylation sites (tertiary alicyclic amines) is 1. The van der Waals surface area contributed by atoms with Gasteiger partial charge in [0.2, 0.25) is 5.91 Å². The van der Waals surface area contributed by atoms with E-state index in [4.69, 9.17) is 0 Å².